The summed E-state index contributed by atoms with van der Waals surface area (Å²) in [6.45, 7) is 5.69. The van der Waals surface area contributed by atoms with Crippen LogP contribution in [-0.4, -0.2) is 23.5 Å². The molecule has 0 aliphatic carbocycles. The standard InChI is InChI=1S/C37H50ClN2O4/c1-3-5-6-7-8-9-10-11-12-13-14-20-27-43-35-25-24-31(28-34(35)38)30-44-37(42)40(36(41)32-21-16-15-17-22-32)29-33-23-18-19-26-39(33)4-2/h15-19,21-26,28H,3-14,20,27,29-30H2,1-2H3/q+1. The second kappa shape index (κ2) is 20.6. The Labute approximate surface area is 269 Å². The maximum absolute atomic E-state index is 13.3. The summed E-state index contributed by atoms with van der Waals surface area (Å²) in [4.78, 5) is 27.7. The van der Waals surface area contributed by atoms with Crippen LogP contribution < -0.4 is 9.30 Å². The molecule has 0 unspecified atom stereocenters. The number of ether oxygens (including phenoxy) is 2. The van der Waals surface area contributed by atoms with Gasteiger partial charge < -0.3 is 9.47 Å². The van der Waals surface area contributed by atoms with E-state index in [9.17, 15) is 9.59 Å². The molecule has 238 valence electrons. The molecule has 3 rings (SSSR count). The van der Waals surface area contributed by atoms with E-state index in [0.717, 1.165) is 29.0 Å². The van der Waals surface area contributed by atoms with E-state index < -0.39 is 12.0 Å². The minimum Gasteiger partial charge on any atom is -0.492 e. The summed E-state index contributed by atoms with van der Waals surface area (Å²) in [6, 6.07) is 19.9. The summed E-state index contributed by atoms with van der Waals surface area (Å²) in [7, 11) is 0. The number of aromatic nitrogens is 1. The number of nitrogens with zero attached hydrogens (tertiary/aromatic N) is 2. The van der Waals surface area contributed by atoms with Crippen molar-refractivity contribution in [2.45, 2.75) is 111 Å². The van der Waals surface area contributed by atoms with Crippen molar-refractivity contribution in [1.82, 2.24) is 4.90 Å². The Morgan fingerprint density at radius 2 is 1.41 bits per heavy atom. The van der Waals surface area contributed by atoms with E-state index in [1.54, 1.807) is 30.3 Å². The van der Waals surface area contributed by atoms with Gasteiger partial charge in [-0.2, -0.15) is 0 Å². The Balaban J connectivity index is 1.43. The molecule has 0 fully saturated rings. The normalized spacial score (nSPS) is 10.9. The van der Waals surface area contributed by atoms with Crippen LogP contribution in [0.5, 0.6) is 5.75 Å². The predicted molar refractivity (Wildman–Crippen MR) is 177 cm³/mol. The average Bonchev–Trinajstić information content (AvgIpc) is 3.05. The quantitative estimate of drug-likeness (QED) is 0.0930. The first-order valence-electron chi connectivity index (χ1n) is 16.5. The van der Waals surface area contributed by atoms with Crippen LogP contribution in [0.4, 0.5) is 4.79 Å². The van der Waals surface area contributed by atoms with Gasteiger partial charge in [0.15, 0.2) is 6.20 Å². The van der Waals surface area contributed by atoms with Crippen LogP contribution in [0.15, 0.2) is 72.9 Å². The molecule has 1 heterocycles. The first-order valence-corrected chi connectivity index (χ1v) is 16.8. The van der Waals surface area contributed by atoms with Gasteiger partial charge in [-0.1, -0.05) is 119 Å². The number of benzene rings is 2. The maximum Gasteiger partial charge on any atom is 0.417 e. The Kier molecular flexibility index (Phi) is 16.4. The number of halogens is 1. The van der Waals surface area contributed by atoms with E-state index in [2.05, 4.69) is 6.92 Å². The summed E-state index contributed by atoms with van der Waals surface area (Å²) in [5.41, 5.74) is 1.96. The van der Waals surface area contributed by atoms with Gasteiger partial charge in [-0.3, -0.25) is 4.79 Å². The zero-order valence-electron chi connectivity index (χ0n) is 26.6. The molecule has 0 bridgehead atoms. The number of hydrogen-bond donors (Lipinski definition) is 0. The van der Waals surface area contributed by atoms with Gasteiger partial charge in [0, 0.05) is 17.7 Å². The molecule has 3 aromatic rings. The molecule has 6 nitrogen and oxygen atoms in total. The summed E-state index contributed by atoms with van der Waals surface area (Å²) in [5, 5.41) is 0.475. The lowest BCUT2D eigenvalue weighted by molar-refractivity contribution is -0.701. The highest BCUT2D eigenvalue weighted by Gasteiger charge is 2.27. The molecule has 0 N–H and O–H groups in total. The van der Waals surface area contributed by atoms with E-state index in [0.29, 0.717) is 29.5 Å². The van der Waals surface area contributed by atoms with Gasteiger partial charge in [0.25, 0.3) is 5.91 Å². The largest absolute Gasteiger partial charge is 0.492 e. The van der Waals surface area contributed by atoms with Gasteiger partial charge in [-0.15, -0.1) is 0 Å². The Bertz CT molecular complexity index is 1270. The molecule has 0 saturated carbocycles. The van der Waals surface area contributed by atoms with Crippen LogP contribution in [0.1, 0.15) is 113 Å². The van der Waals surface area contributed by atoms with Crippen molar-refractivity contribution < 1.29 is 23.6 Å². The highest BCUT2D eigenvalue weighted by atomic mass is 35.5. The maximum atomic E-state index is 13.3. The zero-order chi connectivity index (χ0) is 31.4. The molecule has 0 spiro atoms. The number of rotatable bonds is 20. The van der Waals surface area contributed by atoms with Gasteiger partial charge in [0.1, 0.15) is 25.4 Å². The molecular formula is C37H50ClN2O4+. The summed E-state index contributed by atoms with van der Waals surface area (Å²) >= 11 is 6.50. The van der Waals surface area contributed by atoms with E-state index in [1.165, 1.54) is 64.2 Å². The fourth-order valence-electron chi connectivity index (χ4n) is 5.18. The number of imide groups is 1. The molecule has 7 heteroatoms. The summed E-state index contributed by atoms with van der Waals surface area (Å²) < 4.78 is 13.5. The lowest BCUT2D eigenvalue weighted by Crippen LogP contribution is -2.43. The number of pyridine rings is 1. The number of carbonyl (C=O) groups is 2. The monoisotopic (exact) mass is 621 g/mol. The lowest BCUT2D eigenvalue weighted by Gasteiger charge is -2.20. The van der Waals surface area contributed by atoms with Crippen LogP contribution in [-0.2, 0) is 24.4 Å². The zero-order valence-corrected chi connectivity index (χ0v) is 27.4. The smallest absolute Gasteiger partial charge is 0.417 e. The Morgan fingerprint density at radius 3 is 2.05 bits per heavy atom. The Morgan fingerprint density at radius 1 is 0.773 bits per heavy atom. The number of carbonyl (C=O) groups excluding carboxylic acids is 2. The fourth-order valence-corrected chi connectivity index (χ4v) is 5.44. The molecule has 44 heavy (non-hydrogen) atoms. The number of amides is 2. The van der Waals surface area contributed by atoms with Gasteiger partial charge >= 0.3 is 6.09 Å². The van der Waals surface area contributed by atoms with Gasteiger partial charge in [0.2, 0.25) is 5.69 Å². The van der Waals surface area contributed by atoms with E-state index >= 15 is 0 Å². The molecule has 1 aromatic heterocycles. The van der Waals surface area contributed by atoms with Crippen LogP contribution in [0, 0.1) is 0 Å². The first kappa shape index (κ1) is 35.1. The van der Waals surface area contributed by atoms with E-state index in [1.807, 2.05) is 54.1 Å². The van der Waals surface area contributed by atoms with Crippen molar-refractivity contribution in [1.29, 1.82) is 0 Å². The SMILES string of the molecule is CCCCCCCCCCCCCCOc1ccc(COC(=O)N(Cc2cccc[n+]2CC)C(=O)c2ccccc2)cc1Cl. The van der Waals surface area contributed by atoms with Gasteiger partial charge in [0.05, 0.1) is 11.6 Å². The second-order valence-electron chi connectivity index (χ2n) is 11.3. The van der Waals surface area contributed by atoms with Gasteiger partial charge in [-0.25, -0.2) is 14.3 Å². The van der Waals surface area contributed by atoms with Crippen molar-refractivity contribution in [2.75, 3.05) is 6.61 Å². The van der Waals surface area contributed by atoms with Crippen molar-refractivity contribution >= 4 is 23.6 Å². The lowest BCUT2D eigenvalue weighted by atomic mass is 10.1. The average molecular weight is 622 g/mol. The third-order valence-electron chi connectivity index (χ3n) is 7.80. The minimum atomic E-state index is -0.714. The molecule has 0 atom stereocenters. The van der Waals surface area contributed by atoms with Crippen LogP contribution in [0.25, 0.3) is 0 Å². The Hall–Kier alpha value is -3.38. The molecule has 0 radical (unpaired) electrons. The second-order valence-corrected chi connectivity index (χ2v) is 11.7. The van der Waals surface area contributed by atoms with E-state index in [-0.39, 0.29) is 13.2 Å². The third-order valence-corrected chi connectivity index (χ3v) is 8.09. The molecule has 0 aliphatic rings. The van der Waals surface area contributed by atoms with Crippen molar-refractivity contribution in [3.8, 4) is 5.75 Å². The van der Waals surface area contributed by atoms with Gasteiger partial charge in [-0.05, 0) is 43.2 Å². The molecular weight excluding hydrogens is 572 g/mol. The summed E-state index contributed by atoms with van der Waals surface area (Å²) in [5.74, 6) is 0.209. The molecule has 2 amide bonds. The molecule has 2 aromatic carbocycles. The minimum absolute atomic E-state index is 0.0152. The topological polar surface area (TPSA) is 59.7 Å². The highest BCUT2D eigenvalue weighted by Crippen LogP contribution is 2.26. The van der Waals surface area contributed by atoms with Crippen molar-refractivity contribution in [2.24, 2.45) is 0 Å². The van der Waals surface area contributed by atoms with Crippen LogP contribution in [0.3, 0.4) is 0 Å². The number of unbranched alkanes of at least 4 members (excludes halogenated alkanes) is 11. The number of aryl methyl sites for hydroxylation is 1. The predicted octanol–water partition coefficient (Wildman–Crippen LogP) is 9.71. The molecule has 0 aliphatic heterocycles. The number of hydrogen-bond acceptors (Lipinski definition) is 4. The highest BCUT2D eigenvalue weighted by molar-refractivity contribution is 6.32. The van der Waals surface area contributed by atoms with Crippen LogP contribution in [0.2, 0.25) is 5.02 Å². The fraction of sp³-hybridized carbons (Fsp3) is 0.486. The third kappa shape index (κ3) is 12.3. The summed E-state index contributed by atoms with van der Waals surface area (Å²) in [6.07, 6.45) is 16.8. The van der Waals surface area contributed by atoms with Crippen LogP contribution >= 0.6 is 11.6 Å². The van der Waals surface area contributed by atoms with Crippen molar-refractivity contribution in [3.05, 3.63) is 94.8 Å². The molecule has 0 saturated heterocycles. The van der Waals surface area contributed by atoms with Crippen molar-refractivity contribution in [3.63, 3.8) is 0 Å². The van der Waals surface area contributed by atoms with E-state index in [4.69, 9.17) is 21.1 Å². The first-order chi connectivity index (χ1) is 21.5.